The van der Waals surface area contributed by atoms with Crippen molar-refractivity contribution < 1.29 is 19.8 Å². The Balaban J connectivity index is 1.68. The van der Waals surface area contributed by atoms with Crippen molar-refractivity contribution in [2.24, 2.45) is 0 Å². The van der Waals surface area contributed by atoms with Gasteiger partial charge >= 0.3 is 12.0 Å². The third-order valence-electron chi connectivity index (χ3n) is 3.50. The fourth-order valence-corrected chi connectivity index (χ4v) is 2.41. The molecule has 0 spiro atoms. The normalized spacial score (nSPS) is 21.5. The highest BCUT2D eigenvalue weighted by atomic mass is 16.4. The molecular weight excluding hydrogens is 276 g/mol. The van der Waals surface area contributed by atoms with Crippen LogP contribution in [0.15, 0.2) is 18.7 Å². The number of carboxylic acid groups (broad SMARTS) is 1. The zero-order valence-electron chi connectivity index (χ0n) is 11.7. The van der Waals surface area contributed by atoms with Crippen LogP contribution in [0.25, 0.3) is 0 Å². The molecule has 0 bridgehead atoms. The number of aromatic nitrogens is 2. The summed E-state index contributed by atoms with van der Waals surface area (Å²) in [6.07, 6.45) is 6.33. The van der Waals surface area contributed by atoms with Gasteiger partial charge in [-0.1, -0.05) is 0 Å². The summed E-state index contributed by atoms with van der Waals surface area (Å²) < 4.78 is 1.96. The maximum absolute atomic E-state index is 11.9. The number of nitrogens with zero attached hydrogens (tertiary/aromatic N) is 3. The average molecular weight is 296 g/mol. The predicted molar refractivity (Wildman–Crippen MR) is 73.6 cm³/mol. The van der Waals surface area contributed by atoms with Crippen molar-refractivity contribution in [1.82, 2.24) is 19.8 Å². The van der Waals surface area contributed by atoms with Crippen LogP contribution < -0.4 is 5.32 Å². The number of hydrogen-bond donors (Lipinski definition) is 3. The van der Waals surface area contributed by atoms with Crippen molar-refractivity contribution in [3.8, 4) is 0 Å². The van der Waals surface area contributed by atoms with Crippen LogP contribution in [0, 0.1) is 0 Å². The number of β-amino-alcohol motifs (C(OH)–C–C–N with tert-alkyl or cyclic N) is 1. The fraction of sp³-hybridized carbons (Fsp3) is 0.615. The van der Waals surface area contributed by atoms with Crippen molar-refractivity contribution >= 4 is 12.0 Å². The molecule has 0 saturated carbocycles. The number of nitrogens with one attached hydrogen (secondary N) is 1. The Labute approximate surface area is 122 Å². The van der Waals surface area contributed by atoms with Crippen molar-refractivity contribution in [1.29, 1.82) is 0 Å². The van der Waals surface area contributed by atoms with Crippen LogP contribution in [-0.2, 0) is 11.3 Å². The van der Waals surface area contributed by atoms with Gasteiger partial charge in [-0.2, -0.15) is 0 Å². The smallest absolute Gasteiger partial charge is 0.326 e. The lowest BCUT2D eigenvalue weighted by molar-refractivity contribution is -0.141. The van der Waals surface area contributed by atoms with Crippen molar-refractivity contribution in [2.45, 2.75) is 38.0 Å². The number of aliphatic carboxylic acids is 1. The number of aliphatic hydroxyl groups is 1. The molecule has 0 unspecified atom stereocenters. The minimum atomic E-state index is -1.08. The molecule has 2 heterocycles. The number of rotatable bonds is 6. The van der Waals surface area contributed by atoms with Gasteiger partial charge in [-0.25, -0.2) is 14.6 Å². The maximum atomic E-state index is 11.9. The van der Waals surface area contributed by atoms with E-state index in [2.05, 4.69) is 10.3 Å². The van der Waals surface area contributed by atoms with Gasteiger partial charge < -0.3 is 25.0 Å². The van der Waals surface area contributed by atoms with Gasteiger partial charge in [-0.15, -0.1) is 0 Å². The van der Waals surface area contributed by atoms with Crippen LogP contribution in [-0.4, -0.2) is 61.9 Å². The van der Waals surface area contributed by atoms with Crippen LogP contribution in [0.4, 0.5) is 4.79 Å². The fourth-order valence-electron chi connectivity index (χ4n) is 2.41. The van der Waals surface area contributed by atoms with Gasteiger partial charge in [-0.05, 0) is 12.8 Å². The second-order valence-corrected chi connectivity index (χ2v) is 5.14. The third-order valence-corrected chi connectivity index (χ3v) is 3.50. The molecule has 2 amide bonds. The van der Waals surface area contributed by atoms with Gasteiger partial charge in [0.1, 0.15) is 6.04 Å². The summed E-state index contributed by atoms with van der Waals surface area (Å²) in [6, 6.07) is -1.37. The van der Waals surface area contributed by atoms with Gasteiger partial charge in [0, 0.05) is 38.4 Å². The van der Waals surface area contributed by atoms with E-state index in [9.17, 15) is 14.7 Å². The number of amides is 2. The molecule has 3 N–H and O–H groups in total. The first-order chi connectivity index (χ1) is 10.1. The van der Waals surface area contributed by atoms with E-state index in [0.717, 1.165) is 19.4 Å². The van der Waals surface area contributed by atoms with Gasteiger partial charge in [0.15, 0.2) is 0 Å². The minimum Gasteiger partial charge on any atom is -0.480 e. The lowest BCUT2D eigenvalue weighted by Gasteiger charge is -2.21. The highest BCUT2D eigenvalue weighted by Crippen LogP contribution is 2.18. The van der Waals surface area contributed by atoms with E-state index in [1.54, 1.807) is 12.5 Å². The van der Waals surface area contributed by atoms with E-state index < -0.39 is 24.1 Å². The number of carbonyl (C=O) groups excluding carboxylic acids is 1. The Hall–Kier alpha value is -2.09. The molecule has 0 aliphatic carbocycles. The predicted octanol–water partition coefficient (Wildman–Crippen LogP) is -0.107. The molecule has 1 aliphatic heterocycles. The summed E-state index contributed by atoms with van der Waals surface area (Å²) in [5.74, 6) is -1.08. The van der Waals surface area contributed by atoms with E-state index in [1.807, 2.05) is 10.8 Å². The number of hydrogen-bond acceptors (Lipinski definition) is 4. The maximum Gasteiger partial charge on any atom is 0.326 e. The number of likely N-dealkylation sites (tertiary alicyclic amines) is 1. The van der Waals surface area contributed by atoms with Gasteiger partial charge in [-0.3, -0.25) is 0 Å². The number of carboxylic acids is 1. The Bertz CT molecular complexity index is 477. The molecule has 1 saturated heterocycles. The summed E-state index contributed by atoms with van der Waals surface area (Å²) in [5.41, 5.74) is 0. The number of imidazole rings is 1. The highest BCUT2D eigenvalue weighted by Gasteiger charge is 2.38. The van der Waals surface area contributed by atoms with Gasteiger partial charge in [0.05, 0.1) is 12.4 Å². The van der Waals surface area contributed by atoms with Crippen molar-refractivity contribution in [3.63, 3.8) is 0 Å². The number of aliphatic hydroxyl groups excluding tert-OH is 1. The second kappa shape index (κ2) is 7.07. The monoisotopic (exact) mass is 296 g/mol. The number of carbonyl (C=O) groups is 2. The van der Waals surface area contributed by atoms with E-state index >= 15 is 0 Å². The zero-order chi connectivity index (χ0) is 15.2. The first-order valence-electron chi connectivity index (χ1n) is 6.99. The van der Waals surface area contributed by atoms with E-state index in [1.165, 1.54) is 4.90 Å². The Morgan fingerprint density at radius 2 is 2.19 bits per heavy atom. The lowest BCUT2D eigenvalue weighted by atomic mass is 10.2. The van der Waals surface area contributed by atoms with Crippen LogP contribution >= 0.6 is 0 Å². The molecule has 0 aromatic carbocycles. The molecule has 21 heavy (non-hydrogen) atoms. The van der Waals surface area contributed by atoms with E-state index in [-0.39, 0.29) is 13.0 Å². The topological polar surface area (TPSA) is 108 Å². The summed E-state index contributed by atoms with van der Waals surface area (Å²) in [7, 11) is 0. The number of unbranched alkanes of at least 4 members (excludes halogenated alkanes) is 1. The van der Waals surface area contributed by atoms with E-state index in [4.69, 9.17) is 5.11 Å². The molecule has 8 heteroatoms. The number of urea groups is 1. The average Bonchev–Trinajstić information content (AvgIpc) is 3.07. The molecule has 2 rings (SSSR count). The standard InChI is InChI=1S/C13H20N4O4/c18-10-7-11(12(19)20)17(8-10)13(21)15-3-1-2-5-16-6-4-14-9-16/h4,6,9-11,18H,1-3,5,7-8H2,(H,15,21)(H,19,20)/t10-,11-/m1/s1. The summed E-state index contributed by atoms with van der Waals surface area (Å²) >= 11 is 0. The quantitative estimate of drug-likeness (QED) is 0.635. The molecular formula is C13H20N4O4. The Morgan fingerprint density at radius 1 is 1.38 bits per heavy atom. The van der Waals surface area contributed by atoms with Crippen LogP contribution in [0.2, 0.25) is 0 Å². The SMILES string of the molecule is O=C(O)[C@H]1C[C@@H](O)CN1C(=O)NCCCCn1ccnc1. The van der Waals surface area contributed by atoms with E-state index in [0.29, 0.717) is 6.54 Å². The third kappa shape index (κ3) is 4.19. The molecule has 2 atom stereocenters. The van der Waals surface area contributed by atoms with Crippen LogP contribution in [0.1, 0.15) is 19.3 Å². The van der Waals surface area contributed by atoms with Gasteiger partial charge in [0.2, 0.25) is 0 Å². The van der Waals surface area contributed by atoms with Crippen LogP contribution in [0.5, 0.6) is 0 Å². The largest absolute Gasteiger partial charge is 0.480 e. The van der Waals surface area contributed by atoms with Crippen molar-refractivity contribution in [2.75, 3.05) is 13.1 Å². The zero-order valence-corrected chi connectivity index (χ0v) is 11.7. The first-order valence-corrected chi connectivity index (χ1v) is 6.99. The number of aryl methyl sites for hydroxylation is 1. The first kappa shape index (κ1) is 15.3. The lowest BCUT2D eigenvalue weighted by Crippen LogP contribution is -2.46. The molecule has 1 aromatic heterocycles. The Kier molecular flexibility index (Phi) is 5.15. The van der Waals surface area contributed by atoms with Crippen LogP contribution in [0.3, 0.4) is 0 Å². The summed E-state index contributed by atoms with van der Waals surface area (Å²) in [4.78, 5) is 28.1. The molecule has 116 valence electrons. The van der Waals surface area contributed by atoms with Gasteiger partial charge in [0.25, 0.3) is 0 Å². The molecule has 0 radical (unpaired) electrons. The van der Waals surface area contributed by atoms with Crippen molar-refractivity contribution in [3.05, 3.63) is 18.7 Å². The molecule has 8 nitrogen and oxygen atoms in total. The molecule has 1 fully saturated rings. The minimum absolute atomic E-state index is 0.0673. The highest BCUT2D eigenvalue weighted by molar-refractivity contribution is 5.83. The molecule has 1 aromatic rings. The Morgan fingerprint density at radius 3 is 2.86 bits per heavy atom. The second-order valence-electron chi connectivity index (χ2n) is 5.14. The summed E-state index contributed by atoms with van der Waals surface area (Å²) in [6.45, 7) is 1.38. The summed E-state index contributed by atoms with van der Waals surface area (Å²) in [5, 5.41) is 21.2. The molecule has 1 aliphatic rings.